The van der Waals surface area contributed by atoms with Crippen molar-refractivity contribution < 1.29 is 9.90 Å². The number of aromatic carboxylic acids is 1. The van der Waals surface area contributed by atoms with Gasteiger partial charge in [0.15, 0.2) is 0 Å². The molecule has 0 unspecified atom stereocenters. The number of halogens is 1. The Kier molecular flexibility index (Phi) is 3.03. The quantitative estimate of drug-likeness (QED) is 0.597. The monoisotopic (exact) mass is 197 g/mol. The Hall–Kier alpha value is -1.35. The fraction of sp³-hybridized carbons (Fsp3) is 0.111. The average molecular weight is 198 g/mol. The molecule has 0 atom stereocenters. The lowest BCUT2D eigenvalue weighted by Crippen LogP contribution is -2.00. The minimum Gasteiger partial charge on any atom is -0.478 e. The molecule has 1 N–H and O–H groups in total. The molecule has 3 nitrogen and oxygen atoms in total. The largest absolute Gasteiger partial charge is 0.478 e. The summed E-state index contributed by atoms with van der Waals surface area (Å²) in [5.41, 5.74) is 0.817. The third-order valence-electron chi connectivity index (χ3n) is 1.51. The zero-order chi connectivity index (χ0) is 9.84. The molecule has 1 aromatic heterocycles. The van der Waals surface area contributed by atoms with E-state index in [0.29, 0.717) is 6.42 Å². The van der Waals surface area contributed by atoms with E-state index in [-0.39, 0.29) is 10.7 Å². The van der Waals surface area contributed by atoms with E-state index in [4.69, 9.17) is 16.7 Å². The second kappa shape index (κ2) is 4.05. The number of aromatic nitrogens is 1. The molecule has 0 aromatic carbocycles. The zero-order valence-electron chi connectivity index (χ0n) is 6.83. The lowest BCUT2D eigenvalue weighted by Gasteiger charge is -2.00. The molecule has 0 amide bonds. The van der Waals surface area contributed by atoms with Gasteiger partial charge in [-0.1, -0.05) is 17.7 Å². The summed E-state index contributed by atoms with van der Waals surface area (Å²) in [7, 11) is 0. The molecular formula is C9H8ClNO2. The number of hydrogen-bond acceptors (Lipinski definition) is 2. The second-order valence-corrected chi connectivity index (χ2v) is 2.84. The Morgan fingerprint density at radius 3 is 3.00 bits per heavy atom. The van der Waals surface area contributed by atoms with E-state index < -0.39 is 5.97 Å². The van der Waals surface area contributed by atoms with E-state index in [9.17, 15) is 4.79 Å². The number of carboxylic acids is 1. The molecule has 0 saturated carbocycles. The molecule has 0 spiro atoms. The maximum absolute atomic E-state index is 10.6. The SMILES string of the molecule is C=CCc1cnc(Cl)c(C(=O)O)c1. The molecule has 0 aliphatic rings. The van der Waals surface area contributed by atoms with Crippen molar-refractivity contribution in [2.45, 2.75) is 6.42 Å². The summed E-state index contributed by atoms with van der Waals surface area (Å²) >= 11 is 5.57. The molecule has 13 heavy (non-hydrogen) atoms. The fourth-order valence-electron chi connectivity index (χ4n) is 0.920. The molecule has 1 heterocycles. The fourth-order valence-corrected chi connectivity index (χ4v) is 1.10. The predicted molar refractivity (Wildman–Crippen MR) is 50.1 cm³/mol. The van der Waals surface area contributed by atoms with Crippen LogP contribution in [0.5, 0.6) is 0 Å². The summed E-state index contributed by atoms with van der Waals surface area (Å²) in [6.45, 7) is 3.54. The van der Waals surface area contributed by atoms with Crippen LogP contribution < -0.4 is 0 Å². The second-order valence-electron chi connectivity index (χ2n) is 2.48. The maximum atomic E-state index is 10.6. The van der Waals surface area contributed by atoms with Gasteiger partial charge in [0.1, 0.15) is 5.15 Å². The van der Waals surface area contributed by atoms with Crippen LogP contribution in [-0.4, -0.2) is 16.1 Å². The maximum Gasteiger partial charge on any atom is 0.338 e. The number of rotatable bonds is 3. The van der Waals surface area contributed by atoms with Gasteiger partial charge in [-0.15, -0.1) is 6.58 Å². The molecule has 0 saturated heterocycles. The van der Waals surface area contributed by atoms with Crippen molar-refractivity contribution in [2.24, 2.45) is 0 Å². The van der Waals surface area contributed by atoms with Gasteiger partial charge >= 0.3 is 5.97 Å². The first-order valence-corrected chi connectivity index (χ1v) is 4.01. The normalized spacial score (nSPS) is 9.62. The van der Waals surface area contributed by atoms with Crippen LogP contribution in [0.3, 0.4) is 0 Å². The predicted octanol–water partition coefficient (Wildman–Crippen LogP) is 2.16. The minimum absolute atomic E-state index is 0.0142. The number of carbonyl (C=O) groups is 1. The van der Waals surface area contributed by atoms with Crippen molar-refractivity contribution in [3.63, 3.8) is 0 Å². The lowest BCUT2D eigenvalue weighted by molar-refractivity contribution is 0.0696. The van der Waals surface area contributed by atoms with Gasteiger partial charge in [-0.25, -0.2) is 9.78 Å². The van der Waals surface area contributed by atoms with E-state index >= 15 is 0 Å². The van der Waals surface area contributed by atoms with Crippen molar-refractivity contribution in [1.82, 2.24) is 4.98 Å². The van der Waals surface area contributed by atoms with Crippen LogP contribution >= 0.6 is 11.6 Å². The van der Waals surface area contributed by atoms with Crippen LogP contribution in [0.2, 0.25) is 5.15 Å². The van der Waals surface area contributed by atoms with Crippen molar-refractivity contribution in [3.05, 3.63) is 41.2 Å². The first-order valence-electron chi connectivity index (χ1n) is 3.63. The topological polar surface area (TPSA) is 50.2 Å². The number of nitrogens with zero attached hydrogens (tertiary/aromatic N) is 1. The van der Waals surface area contributed by atoms with Crippen molar-refractivity contribution in [2.75, 3.05) is 0 Å². The van der Waals surface area contributed by atoms with E-state index in [1.807, 2.05) is 0 Å². The van der Waals surface area contributed by atoms with Gasteiger partial charge in [0, 0.05) is 6.20 Å². The number of allylic oxidation sites excluding steroid dienone is 1. The van der Waals surface area contributed by atoms with Crippen molar-refractivity contribution >= 4 is 17.6 Å². The van der Waals surface area contributed by atoms with Crippen molar-refractivity contribution in [3.8, 4) is 0 Å². The molecule has 0 bridgehead atoms. The lowest BCUT2D eigenvalue weighted by atomic mass is 10.1. The van der Waals surface area contributed by atoms with Crippen LogP contribution in [0, 0.1) is 0 Å². The van der Waals surface area contributed by atoms with Crippen LogP contribution in [0.25, 0.3) is 0 Å². The van der Waals surface area contributed by atoms with E-state index in [1.165, 1.54) is 12.3 Å². The summed E-state index contributed by atoms with van der Waals surface area (Å²) in [6, 6.07) is 1.50. The summed E-state index contributed by atoms with van der Waals surface area (Å²) in [4.78, 5) is 14.4. The molecule has 0 aliphatic carbocycles. The highest BCUT2D eigenvalue weighted by atomic mass is 35.5. The van der Waals surface area contributed by atoms with E-state index in [1.54, 1.807) is 6.08 Å². The highest BCUT2D eigenvalue weighted by Gasteiger charge is 2.09. The Bertz CT molecular complexity index is 349. The highest BCUT2D eigenvalue weighted by molar-refractivity contribution is 6.32. The van der Waals surface area contributed by atoms with Gasteiger partial charge in [-0.05, 0) is 18.1 Å². The summed E-state index contributed by atoms with van der Waals surface area (Å²) in [6.07, 6.45) is 3.80. The minimum atomic E-state index is -1.07. The molecule has 0 fully saturated rings. The number of carboxylic acid groups (broad SMARTS) is 1. The first kappa shape index (κ1) is 9.74. The van der Waals surface area contributed by atoms with Gasteiger partial charge < -0.3 is 5.11 Å². The molecule has 4 heteroatoms. The van der Waals surface area contributed by atoms with Crippen molar-refractivity contribution in [1.29, 1.82) is 0 Å². The Labute approximate surface area is 80.7 Å². The van der Waals surface area contributed by atoms with Gasteiger partial charge in [0.05, 0.1) is 5.56 Å². The molecule has 0 aliphatic heterocycles. The zero-order valence-corrected chi connectivity index (χ0v) is 7.58. The summed E-state index contributed by atoms with van der Waals surface area (Å²) in [5, 5.41) is 8.72. The number of hydrogen-bond donors (Lipinski definition) is 1. The molecular weight excluding hydrogens is 190 g/mol. The molecule has 68 valence electrons. The molecule has 1 aromatic rings. The Morgan fingerprint density at radius 1 is 1.77 bits per heavy atom. The van der Waals surface area contributed by atoms with E-state index in [0.717, 1.165) is 5.56 Å². The Balaban J connectivity index is 3.10. The van der Waals surface area contributed by atoms with Crippen LogP contribution in [0.15, 0.2) is 24.9 Å². The third-order valence-corrected chi connectivity index (χ3v) is 1.81. The van der Waals surface area contributed by atoms with Gasteiger partial charge in [-0.3, -0.25) is 0 Å². The molecule has 0 radical (unpaired) electrons. The Morgan fingerprint density at radius 2 is 2.46 bits per heavy atom. The molecule has 1 rings (SSSR count). The highest BCUT2D eigenvalue weighted by Crippen LogP contribution is 2.14. The number of pyridine rings is 1. The van der Waals surface area contributed by atoms with E-state index in [2.05, 4.69) is 11.6 Å². The summed E-state index contributed by atoms with van der Waals surface area (Å²) < 4.78 is 0. The third kappa shape index (κ3) is 2.29. The van der Waals surface area contributed by atoms with Gasteiger partial charge in [0.25, 0.3) is 0 Å². The van der Waals surface area contributed by atoms with Crippen LogP contribution in [0.1, 0.15) is 15.9 Å². The smallest absolute Gasteiger partial charge is 0.338 e. The standard InChI is InChI=1S/C9H8ClNO2/c1-2-3-6-4-7(9(12)13)8(10)11-5-6/h2,4-5H,1,3H2,(H,12,13). The van der Waals surface area contributed by atoms with Gasteiger partial charge in [-0.2, -0.15) is 0 Å². The van der Waals surface area contributed by atoms with Gasteiger partial charge in [0.2, 0.25) is 0 Å². The first-order chi connectivity index (χ1) is 6.15. The van der Waals surface area contributed by atoms with Crippen LogP contribution in [-0.2, 0) is 6.42 Å². The van der Waals surface area contributed by atoms with Crippen LogP contribution in [0.4, 0.5) is 0 Å². The summed E-state index contributed by atoms with van der Waals surface area (Å²) in [5.74, 6) is -1.07. The average Bonchev–Trinajstić information content (AvgIpc) is 2.08.